The second-order valence-corrected chi connectivity index (χ2v) is 6.24. The molecule has 3 rings (SSSR count). The minimum absolute atomic E-state index is 0.0520. The molecule has 0 saturated heterocycles. The lowest BCUT2D eigenvalue weighted by Crippen LogP contribution is -2.07. The van der Waals surface area contributed by atoms with Crippen LogP contribution in [-0.4, -0.2) is 19.9 Å². The summed E-state index contributed by atoms with van der Waals surface area (Å²) in [5, 5.41) is 11.3. The first-order chi connectivity index (χ1) is 13.2. The van der Waals surface area contributed by atoms with Gasteiger partial charge in [-0.15, -0.1) is 0 Å². The van der Waals surface area contributed by atoms with Crippen molar-refractivity contribution in [3.8, 4) is 0 Å². The number of halogens is 3. The number of pyridine rings is 3. The van der Waals surface area contributed by atoms with Crippen LogP contribution in [0.2, 0.25) is 0 Å². The third-order valence-electron chi connectivity index (χ3n) is 4.04. The molecule has 0 amide bonds. The van der Waals surface area contributed by atoms with Crippen molar-refractivity contribution >= 4 is 5.69 Å². The Balaban J connectivity index is 1.87. The van der Waals surface area contributed by atoms with Gasteiger partial charge in [0.15, 0.2) is 0 Å². The first kappa shape index (κ1) is 19.4. The van der Waals surface area contributed by atoms with E-state index >= 15 is 0 Å². The average molecular weight is 388 g/mol. The van der Waals surface area contributed by atoms with Crippen LogP contribution in [0.1, 0.15) is 33.9 Å². The first-order valence-corrected chi connectivity index (χ1v) is 8.29. The Hall–Kier alpha value is -3.36. The fourth-order valence-electron chi connectivity index (χ4n) is 2.59. The monoisotopic (exact) mass is 388 g/mol. The highest BCUT2D eigenvalue weighted by Crippen LogP contribution is 2.29. The highest BCUT2D eigenvalue weighted by molar-refractivity contribution is 5.39. The standard InChI is InChI=1S/C19H15F3N4O2/c1-12-2-4-14(23-10-12)8-16-6-7-18(26(27)28)17(25-16)9-15-5-3-13(11-24-15)19(20,21)22/h2-7,10-11H,8-9H2,1H3. The molecule has 0 N–H and O–H groups in total. The van der Waals surface area contributed by atoms with Crippen LogP contribution in [-0.2, 0) is 19.0 Å². The van der Waals surface area contributed by atoms with Crippen molar-refractivity contribution in [2.45, 2.75) is 25.9 Å². The molecule has 28 heavy (non-hydrogen) atoms. The molecule has 3 aromatic rings. The maximum Gasteiger partial charge on any atom is 0.417 e. The van der Waals surface area contributed by atoms with Crippen LogP contribution in [0.5, 0.6) is 0 Å². The molecule has 0 aliphatic rings. The van der Waals surface area contributed by atoms with Gasteiger partial charge in [0.1, 0.15) is 5.69 Å². The number of rotatable bonds is 5. The van der Waals surface area contributed by atoms with Crippen LogP contribution in [0.15, 0.2) is 48.8 Å². The topological polar surface area (TPSA) is 81.8 Å². The van der Waals surface area contributed by atoms with E-state index in [1.807, 2.05) is 19.1 Å². The predicted octanol–water partition coefficient (Wildman–Crippen LogP) is 4.29. The van der Waals surface area contributed by atoms with Gasteiger partial charge >= 0.3 is 6.18 Å². The fraction of sp³-hybridized carbons (Fsp3) is 0.211. The molecule has 6 nitrogen and oxygen atoms in total. The van der Waals surface area contributed by atoms with Crippen LogP contribution < -0.4 is 0 Å². The summed E-state index contributed by atoms with van der Waals surface area (Å²) in [5.74, 6) is 0. The van der Waals surface area contributed by atoms with E-state index in [-0.39, 0.29) is 23.5 Å². The van der Waals surface area contributed by atoms with E-state index in [0.717, 1.165) is 17.3 Å². The van der Waals surface area contributed by atoms with Gasteiger partial charge < -0.3 is 0 Å². The zero-order valence-corrected chi connectivity index (χ0v) is 14.8. The van der Waals surface area contributed by atoms with E-state index in [9.17, 15) is 23.3 Å². The Labute approximate surface area is 158 Å². The zero-order chi connectivity index (χ0) is 20.3. The van der Waals surface area contributed by atoms with Crippen molar-refractivity contribution in [1.82, 2.24) is 15.0 Å². The Morgan fingerprint density at radius 3 is 2.14 bits per heavy atom. The number of aryl methyl sites for hydroxylation is 1. The molecule has 0 unspecified atom stereocenters. The van der Waals surface area contributed by atoms with Gasteiger partial charge in [-0.1, -0.05) is 6.07 Å². The predicted molar refractivity (Wildman–Crippen MR) is 94.7 cm³/mol. The number of nitrogens with zero attached hydrogens (tertiary/aromatic N) is 4. The van der Waals surface area contributed by atoms with Crippen LogP contribution in [0, 0.1) is 17.0 Å². The third kappa shape index (κ3) is 4.67. The maximum atomic E-state index is 12.7. The van der Waals surface area contributed by atoms with E-state index in [2.05, 4.69) is 15.0 Å². The summed E-state index contributed by atoms with van der Waals surface area (Å²) in [5.41, 5.74) is 1.65. The molecule has 0 fully saturated rings. The Morgan fingerprint density at radius 1 is 0.929 bits per heavy atom. The second kappa shape index (κ2) is 7.71. The van der Waals surface area contributed by atoms with Crippen LogP contribution in [0.4, 0.5) is 18.9 Å². The molecule has 9 heteroatoms. The average Bonchev–Trinajstić information content (AvgIpc) is 2.63. The van der Waals surface area contributed by atoms with Crippen LogP contribution in [0.25, 0.3) is 0 Å². The quantitative estimate of drug-likeness (QED) is 0.481. The van der Waals surface area contributed by atoms with Crippen molar-refractivity contribution in [3.05, 3.63) is 92.8 Å². The van der Waals surface area contributed by atoms with E-state index in [4.69, 9.17) is 0 Å². The molecule has 0 spiro atoms. The third-order valence-corrected chi connectivity index (χ3v) is 4.04. The van der Waals surface area contributed by atoms with Gasteiger partial charge in [0, 0.05) is 48.4 Å². The number of alkyl halides is 3. The summed E-state index contributed by atoms with van der Waals surface area (Å²) < 4.78 is 38.0. The first-order valence-electron chi connectivity index (χ1n) is 8.29. The normalized spacial score (nSPS) is 11.4. The van der Waals surface area contributed by atoms with E-state index in [0.29, 0.717) is 18.3 Å². The highest BCUT2D eigenvalue weighted by Gasteiger charge is 2.30. The van der Waals surface area contributed by atoms with Crippen LogP contribution >= 0.6 is 0 Å². The summed E-state index contributed by atoms with van der Waals surface area (Å²) in [7, 11) is 0. The van der Waals surface area contributed by atoms with E-state index < -0.39 is 16.7 Å². The molecular weight excluding hydrogens is 373 g/mol. The molecule has 0 saturated carbocycles. The van der Waals surface area contributed by atoms with Gasteiger partial charge in [-0.05, 0) is 36.8 Å². The van der Waals surface area contributed by atoms with Gasteiger partial charge in [0.05, 0.1) is 10.5 Å². The lowest BCUT2D eigenvalue weighted by molar-refractivity contribution is -0.385. The molecule has 3 heterocycles. The minimum Gasteiger partial charge on any atom is -0.261 e. The molecule has 3 aromatic heterocycles. The smallest absolute Gasteiger partial charge is 0.261 e. The van der Waals surface area contributed by atoms with Gasteiger partial charge in [-0.25, -0.2) is 4.98 Å². The van der Waals surface area contributed by atoms with Crippen molar-refractivity contribution < 1.29 is 18.1 Å². The summed E-state index contributed by atoms with van der Waals surface area (Å²) in [6.07, 6.45) is -1.74. The Kier molecular flexibility index (Phi) is 5.34. The summed E-state index contributed by atoms with van der Waals surface area (Å²) in [6, 6.07) is 8.73. The van der Waals surface area contributed by atoms with Crippen LogP contribution in [0.3, 0.4) is 0 Å². The number of nitro groups is 1. The lowest BCUT2D eigenvalue weighted by atomic mass is 10.1. The summed E-state index contributed by atoms with van der Waals surface area (Å²) in [4.78, 5) is 23.1. The maximum absolute atomic E-state index is 12.7. The SMILES string of the molecule is Cc1ccc(Cc2ccc([N+](=O)[O-])c(Cc3ccc(C(F)(F)F)cn3)n2)nc1. The zero-order valence-electron chi connectivity index (χ0n) is 14.8. The molecular formula is C19H15F3N4O2. The fourth-order valence-corrected chi connectivity index (χ4v) is 2.59. The molecule has 0 aliphatic carbocycles. The second-order valence-electron chi connectivity index (χ2n) is 6.24. The van der Waals surface area contributed by atoms with Crippen molar-refractivity contribution in [2.75, 3.05) is 0 Å². The largest absolute Gasteiger partial charge is 0.417 e. The minimum atomic E-state index is -4.49. The molecule has 0 bridgehead atoms. The van der Waals surface area contributed by atoms with Gasteiger partial charge in [0.25, 0.3) is 5.69 Å². The number of aromatic nitrogens is 3. The highest BCUT2D eigenvalue weighted by atomic mass is 19.4. The number of hydrogen-bond acceptors (Lipinski definition) is 5. The van der Waals surface area contributed by atoms with Crippen molar-refractivity contribution in [3.63, 3.8) is 0 Å². The van der Waals surface area contributed by atoms with Crippen molar-refractivity contribution in [2.24, 2.45) is 0 Å². The molecule has 0 radical (unpaired) electrons. The van der Waals surface area contributed by atoms with E-state index in [1.54, 1.807) is 12.3 Å². The molecule has 0 aromatic carbocycles. The molecule has 144 valence electrons. The van der Waals surface area contributed by atoms with Crippen molar-refractivity contribution in [1.29, 1.82) is 0 Å². The Bertz CT molecular complexity index is 988. The lowest BCUT2D eigenvalue weighted by Gasteiger charge is -2.08. The summed E-state index contributed by atoms with van der Waals surface area (Å²) >= 11 is 0. The van der Waals surface area contributed by atoms with Gasteiger partial charge in [0.2, 0.25) is 0 Å². The number of hydrogen-bond donors (Lipinski definition) is 0. The van der Waals surface area contributed by atoms with Gasteiger partial charge in [-0.2, -0.15) is 13.2 Å². The Morgan fingerprint density at radius 2 is 1.57 bits per heavy atom. The summed E-state index contributed by atoms with van der Waals surface area (Å²) in [6.45, 7) is 1.91. The molecule has 0 aliphatic heterocycles. The van der Waals surface area contributed by atoms with E-state index in [1.165, 1.54) is 12.1 Å². The van der Waals surface area contributed by atoms with Gasteiger partial charge in [-0.3, -0.25) is 20.1 Å². The molecule has 0 atom stereocenters.